The number of amides is 1. The molecule has 1 aromatic heterocycles. The Morgan fingerprint density at radius 1 is 1.24 bits per heavy atom. The fraction of sp³-hybridized carbons (Fsp3) is 0.0625. The van der Waals surface area contributed by atoms with Gasteiger partial charge < -0.3 is 10.3 Å². The number of nitrogens with one attached hydrogen (secondary N) is 2. The third-order valence-corrected chi connectivity index (χ3v) is 3.42. The van der Waals surface area contributed by atoms with Crippen molar-refractivity contribution in [2.75, 3.05) is 5.32 Å². The van der Waals surface area contributed by atoms with Crippen LogP contribution in [-0.4, -0.2) is 10.9 Å². The van der Waals surface area contributed by atoms with E-state index in [2.05, 4.69) is 10.3 Å². The summed E-state index contributed by atoms with van der Waals surface area (Å²) in [7, 11) is 0. The van der Waals surface area contributed by atoms with Crippen LogP contribution in [0.3, 0.4) is 0 Å². The van der Waals surface area contributed by atoms with Crippen LogP contribution in [0.15, 0.2) is 48.7 Å². The summed E-state index contributed by atoms with van der Waals surface area (Å²) < 4.78 is 13.1. The first-order valence-electron chi connectivity index (χ1n) is 6.43. The van der Waals surface area contributed by atoms with Gasteiger partial charge in [0.15, 0.2) is 0 Å². The minimum absolute atomic E-state index is 0.191. The lowest BCUT2D eigenvalue weighted by atomic mass is 10.1. The van der Waals surface area contributed by atoms with Crippen molar-refractivity contribution in [2.24, 2.45) is 0 Å². The Labute approximate surface area is 125 Å². The van der Waals surface area contributed by atoms with E-state index in [4.69, 9.17) is 11.6 Å². The van der Waals surface area contributed by atoms with E-state index in [1.54, 1.807) is 24.4 Å². The number of carbonyl (C=O) groups excluding carboxylic acids is 1. The number of hydrogen-bond acceptors (Lipinski definition) is 1. The molecule has 0 radical (unpaired) electrons. The molecule has 0 atom stereocenters. The number of carbonyl (C=O) groups is 1. The largest absolute Gasteiger partial charge is 0.361 e. The van der Waals surface area contributed by atoms with Crippen molar-refractivity contribution in [3.63, 3.8) is 0 Å². The molecule has 0 saturated carbocycles. The highest BCUT2D eigenvalue weighted by Crippen LogP contribution is 2.23. The van der Waals surface area contributed by atoms with E-state index in [-0.39, 0.29) is 18.1 Å². The molecule has 3 aromatic rings. The van der Waals surface area contributed by atoms with Crippen LogP contribution in [0.4, 0.5) is 10.1 Å². The lowest BCUT2D eigenvalue weighted by Crippen LogP contribution is -2.14. The molecule has 3 nitrogen and oxygen atoms in total. The van der Waals surface area contributed by atoms with Crippen molar-refractivity contribution in [3.05, 3.63) is 65.1 Å². The zero-order valence-electron chi connectivity index (χ0n) is 11.0. The molecule has 0 bridgehead atoms. The van der Waals surface area contributed by atoms with Crippen LogP contribution < -0.4 is 5.32 Å². The quantitative estimate of drug-likeness (QED) is 0.750. The highest BCUT2D eigenvalue weighted by atomic mass is 35.5. The Hall–Kier alpha value is -2.33. The Balaban J connectivity index is 1.79. The van der Waals surface area contributed by atoms with Gasteiger partial charge in [-0.05, 0) is 42.0 Å². The topological polar surface area (TPSA) is 44.9 Å². The number of rotatable bonds is 3. The predicted molar refractivity (Wildman–Crippen MR) is 82.0 cm³/mol. The van der Waals surface area contributed by atoms with Gasteiger partial charge in [0.25, 0.3) is 0 Å². The Morgan fingerprint density at radius 3 is 2.90 bits per heavy atom. The van der Waals surface area contributed by atoms with Gasteiger partial charge in [-0.15, -0.1) is 0 Å². The summed E-state index contributed by atoms with van der Waals surface area (Å²) in [5.41, 5.74) is 2.22. The highest BCUT2D eigenvalue weighted by molar-refractivity contribution is 6.31. The molecular formula is C16H12ClFN2O. The average Bonchev–Trinajstić information content (AvgIpc) is 2.81. The molecule has 0 saturated heterocycles. The lowest BCUT2D eigenvalue weighted by Gasteiger charge is -2.05. The zero-order chi connectivity index (χ0) is 14.8. The molecule has 0 unspecified atom stereocenters. The molecule has 1 heterocycles. The van der Waals surface area contributed by atoms with E-state index in [0.29, 0.717) is 10.7 Å². The van der Waals surface area contributed by atoms with Gasteiger partial charge in [0, 0.05) is 27.8 Å². The van der Waals surface area contributed by atoms with Crippen LogP contribution in [0, 0.1) is 5.82 Å². The first-order valence-corrected chi connectivity index (χ1v) is 6.80. The summed E-state index contributed by atoms with van der Waals surface area (Å²) in [6.07, 6.45) is 1.98. The minimum atomic E-state index is -0.383. The lowest BCUT2D eigenvalue weighted by molar-refractivity contribution is -0.115. The Bertz CT molecular complexity index is 813. The number of aromatic amines is 1. The molecule has 2 aromatic carbocycles. The maximum atomic E-state index is 13.1. The first kappa shape index (κ1) is 13.6. The molecule has 106 valence electrons. The van der Waals surface area contributed by atoms with Crippen LogP contribution in [0.5, 0.6) is 0 Å². The number of halogens is 2. The van der Waals surface area contributed by atoms with Gasteiger partial charge in [-0.1, -0.05) is 17.7 Å². The Morgan fingerprint density at radius 2 is 2.10 bits per heavy atom. The van der Waals surface area contributed by atoms with Crippen molar-refractivity contribution < 1.29 is 9.18 Å². The fourth-order valence-electron chi connectivity index (χ4n) is 2.24. The van der Waals surface area contributed by atoms with E-state index in [1.165, 1.54) is 12.1 Å². The van der Waals surface area contributed by atoms with E-state index in [0.717, 1.165) is 16.5 Å². The van der Waals surface area contributed by atoms with Crippen LogP contribution >= 0.6 is 11.6 Å². The van der Waals surface area contributed by atoms with Gasteiger partial charge >= 0.3 is 0 Å². The van der Waals surface area contributed by atoms with E-state index in [9.17, 15) is 9.18 Å². The van der Waals surface area contributed by atoms with Crippen LogP contribution in [0.2, 0.25) is 5.02 Å². The summed E-state index contributed by atoms with van der Waals surface area (Å²) in [4.78, 5) is 15.1. The molecule has 5 heteroatoms. The van der Waals surface area contributed by atoms with Crippen LogP contribution in [0.1, 0.15) is 5.56 Å². The molecule has 1 amide bonds. The molecule has 0 spiro atoms. The molecule has 0 aliphatic carbocycles. The van der Waals surface area contributed by atoms with Gasteiger partial charge in [-0.3, -0.25) is 4.79 Å². The van der Waals surface area contributed by atoms with E-state index >= 15 is 0 Å². The van der Waals surface area contributed by atoms with E-state index < -0.39 is 0 Å². The zero-order valence-corrected chi connectivity index (χ0v) is 11.7. The monoisotopic (exact) mass is 302 g/mol. The number of anilines is 1. The SMILES string of the molecule is O=C(Cc1c[nH]c2ccc(Cl)cc12)Nc1cccc(F)c1. The van der Waals surface area contributed by atoms with Gasteiger partial charge in [-0.2, -0.15) is 0 Å². The van der Waals surface area contributed by atoms with Crippen molar-refractivity contribution >= 4 is 34.1 Å². The summed E-state index contributed by atoms with van der Waals surface area (Å²) in [5, 5.41) is 4.21. The van der Waals surface area contributed by atoms with Gasteiger partial charge in [0.05, 0.1) is 6.42 Å². The maximum Gasteiger partial charge on any atom is 0.228 e. The Kier molecular flexibility index (Phi) is 3.62. The summed E-state index contributed by atoms with van der Waals surface area (Å²) in [5.74, 6) is -0.590. The molecule has 21 heavy (non-hydrogen) atoms. The molecular weight excluding hydrogens is 291 g/mol. The molecule has 0 aliphatic heterocycles. The van der Waals surface area contributed by atoms with Crippen LogP contribution in [0.25, 0.3) is 10.9 Å². The predicted octanol–water partition coefficient (Wildman–Crippen LogP) is 4.14. The number of aromatic nitrogens is 1. The minimum Gasteiger partial charge on any atom is -0.361 e. The van der Waals surface area contributed by atoms with Crippen molar-refractivity contribution in [2.45, 2.75) is 6.42 Å². The van der Waals surface area contributed by atoms with Gasteiger partial charge in [0.2, 0.25) is 5.91 Å². The van der Waals surface area contributed by atoms with Crippen LogP contribution in [-0.2, 0) is 11.2 Å². The third-order valence-electron chi connectivity index (χ3n) is 3.19. The number of fused-ring (bicyclic) bond motifs is 1. The van der Waals surface area contributed by atoms with Crippen molar-refractivity contribution in [3.8, 4) is 0 Å². The highest BCUT2D eigenvalue weighted by Gasteiger charge is 2.10. The molecule has 0 aliphatic rings. The fourth-order valence-corrected chi connectivity index (χ4v) is 2.41. The number of H-pyrrole nitrogens is 1. The second-order valence-corrected chi connectivity index (χ2v) is 5.18. The standard InChI is InChI=1S/C16H12ClFN2O/c17-11-4-5-15-14(7-11)10(9-19-15)6-16(21)20-13-3-1-2-12(18)8-13/h1-5,7-9,19H,6H2,(H,20,21). The van der Waals surface area contributed by atoms with Gasteiger partial charge in [0.1, 0.15) is 5.82 Å². The second kappa shape index (κ2) is 5.58. The smallest absolute Gasteiger partial charge is 0.228 e. The number of hydrogen-bond donors (Lipinski definition) is 2. The van der Waals surface area contributed by atoms with E-state index in [1.807, 2.05) is 12.1 Å². The molecule has 3 rings (SSSR count). The first-order chi connectivity index (χ1) is 10.1. The second-order valence-electron chi connectivity index (χ2n) is 4.74. The van der Waals surface area contributed by atoms with Crippen molar-refractivity contribution in [1.29, 1.82) is 0 Å². The van der Waals surface area contributed by atoms with Gasteiger partial charge in [-0.25, -0.2) is 4.39 Å². The molecule has 2 N–H and O–H groups in total. The number of benzene rings is 2. The normalized spacial score (nSPS) is 10.8. The summed E-state index contributed by atoms with van der Waals surface area (Å²) >= 11 is 5.98. The maximum absolute atomic E-state index is 13.1. The average molecular weight is 303 g/mol. The van der Waals surface area contributed by atoms with Crippen molar-refractivity contribution in [1.82, 2.24) is 4.98 Å². The molecule has 0 fully saturated rings. The third kappa shape index (κ3) is 3.06. The summed E-state index contributed by atoms with van der Waals surface area (Å²) in [6, 6.07) is 11.3. The summed E-state index contributed by atoms with van der Waals surface area (Å²) in [6.45, 7) is 0.